The van der Waals surface area contributed by atoms with E-state index in [9.17, 15) is 0 Å². The maximum atomic E-state index is 5.40. The molecule has 122 valence electrons. The second-order valence-electron chi connectivity index (χ2n) is 5.85. The number of anilines is 2. The predicted octanol–water partition coefficient (Wildman–Crippen LogP) is 2.16. The molecule has 24 heavy (non-hydrogen) atoms. The van der Waals surface area contributed by atoms with Crippen LogP contribution in [0.3, 0.4) is 0 Å². The van der Waals surface area contributed by atoms with E-state index in [0.29, 0.717) is 0 Å². The average molecular weight is 340 g/mol. The molecule has 4 heterocycles. The van der Waals surface area contributed by atoms with Crippen LogP contribution in [0.15, 0.2) is 40.3 Å². The number of nitrogens with one attached hydrogen (secondary N) is 1. The maximum absolute atomic E-state index is 5.40. The third-order valence-corrected chi connectivity index (χ3v) is 5.41. The van der Waals surface area contributed by atoms with Crippen molar-refractivity contribution in [1.29, 1.82) is 0 Å². The van der Waals surface area contributed by atoms with Gasteiger partial charge in [-0.05, 0) is 12.1 Å². The molecule has 0 aliphatic carbocycles. The number of ether oxygens (including phenoxy) is 1. The lowest BCUT2D eigenvalue weighted by Crippen LogP contribution is -2.36. The standard InChI is InChI=1S/C16H16N6OS/c1-2-4-12-11(3-1)18-15-13(24-12)9-17-22-14(19-20-16(15)22)10-21-5-7-23-8-6-21/h1-4,9,18H,5-8,10H2. The summed E-state index contributed by atoms with van der Waals surface area (Å²) in [6.45, 7) is 4.12. The number of aromatic nitrogens is 4. The summed E-state index contributed by atoms with van der Waals surface area (Å²) in [5.41, 5.74) is 2.85. The molecule has 2 aliphatic rings. The summed E-state index contributed by atoms with van der Waals surface area (Å²) in [4.78, 5) is 4.59. The molecule has 0 spiro atoms. The Hall–Kier alpha value is -2.16. The summed E-state index contributed by atoms with van der Waals surface area (Å²) < 4.78 is 7.24. The SMILES string of the molecule is c1ccc2c(c1)Nc1c(cnn3c(CN4CCOCC4)nnc13)S2. The monoisotopic (exact) mass is 340 g/mol. The van der Waals surface area contributed by atoms with E-state index in [1.54, 1.807) is 11.8 Å². The van der Waals surface area contributed by atoms with E-state index in [1.165, 1.54) is 4.90 Å². The van der Waals surface area contributed by atoms with Gasteiger partial charge >= 0.3 is 0 Å². The Balaban J connectivity index is 1.51. The van der Waals surface area contributed by atoms with E-state index < -0.39 is 0 Å². The van der Waals surface area contributed by atoms with Crippen molar-refractivity contribution in [3.63, 3.8) is 0 Å². The molecule has 0 atom stereocenters. The Morgan fingerprint density at radius 2 is 2.00 bits per heavy atom. The second-order valence-corrected chi connectivity index (χ2v) is 6.93. The molecular formula is C16H16N6OS. The van der Waals surface area contributed by atoms with Crippen LogP contribution in [0.25, 0.3) is 5.65 Å². The minimum atomic E-state index is 0.736. The number of para-hydroxylation sites is 1. The Morgan fingerprint density at radius 3 is 2.92 bits per heavy atom. The van der Waals surface area contributed by atoms with Crippen molar-refractivity contribution in [2.45, 2.75) is 16.3 Å². The first-order chi connectivity index (χ1) is 11.9. The second kappa shape index (κ2) is 5.73. The fraction of sp³-hybridized carbons (Fsp3) is 0.312. The van der Waals surface area contributed by atoms with E-state index >= 15 is 0 Å². The normalized spacial score (nSPS) is 17.3. The van der Waals surface area contributed by atoms with Crippen LogP contribution >= 0.6 is 11.8 Å². The lowest BCUT2D eigenvalue weighted by molar-refractivity contribution is 0.0328. The molecule has 0 amide bonds. The molecule has 0 unspecified atom stereocenters. The maximum Gasteiger partial charge on any atom is 0.202 e. The smallest absolute Gasteiger partial charge is 0.202 e. The van der Waals surface area contributed by atoms with Crippen molar-refractivity contribution in [3.05, 3.63) is 36.3 Å². The van der Waals surface area contributed by atoms with Crippen LogP contribution in [0.5, 0.6) is 0 Å². The van der Waals surface area contributed by atoms with Crippen LogP contribution < -0.4 is 5.32 Å². The molecule has 7 nitrogen and oxygen atoms in total. The lowest BCUT2D eigenvalue weighted by atomic mass is 10.3. The van der Waals surface area contributed by atoms with Crippen LogP contribution in [0.1, 0.15) is 5.82 Å². The molecule has 3 aromatic rings. The van der Waals surface area contributed by atoms with Gasteiger partial charge in [0.05, 0.1) is 36.5 Å². The van der Waals surface area contributed by atoms with Crippen molar-refractivity contribution >= 4 is 28.8 Å². The van der Waals surface area contributed by atoms with Crippen molar-refractivity contribution in [3.8, 4) is 0 Å². The molecule has 1 N–H and O–H groups in total. The highest BCUT2D eigenvalue weighted by Gasteiger charge is 2.22. The molecule has 2 aromatic heterocycles. The number of hydrogen-bond acceptors (Lipinski definition) is 7. The number of fused-ring (bicyclic) bond motifs is 4. The average Bonchev–Trinajstić information content (AvgIpc) is 3.04. The summed E-state index contributed by atoms with van der Waals surface area (Å²) in [6, 6.07) is 8.26. The van der Waals surface area contributed by atoms with E-state index in [2.05, 4.69) is 37.6 Å². The van der Waals surface area contributed by atoms with Crippen molar-refractivity contribution in [2.75, 3.05) is 31.6 Å². The van der Waals surface area contributed by atoms with Crippen LogP contribution in [-0.4, -0.2) is 51.0 Å². The number of benzene rings is 1. The topological polar surface area (TPSA) is 67.6 Å². The fourth-order valence-electron chi connectivity index (χ4n) is 3.04. The van der Waals surface area contributed by atoms with Crippen LogP contribution in [-0.2, 0) is 11.3 Å². The summed E-state index contributed by atoms with van der Waals surface area (Å²) in [5, 5.41) is 16.8. The van der Waals surface area contributed by atoms with Crippen LogP contribution in [0.2, 0.25) is 0 Å². The number of rotatable bonds is 2. The zero-order valence-corrected chi connectivity index (χ0v) is 13.8. The summed E-state index contributed by atoms with van der Waals surface area (Å²) in [6.07, 6.45) is 1.89. The molecule has 0 saturated carbocycles. The number of hydrogen-bond donors (Lipinski definition) is 1. The van der Waals surface area contributed by atoms with E-state index in [1.807, 2.05) is 22.8 Å². The van der Waals surface area contributed by atoms with Crippen molar-refractivity contribution < 1.29 is 4.74 Å². The lowest BCUT2D eigenvalue weighted by Gasteiger charge is -2.25. The Kier molecular flexibility index (Phi) is 3.39. The first kappa shape index (κ1) is 14.2. The largest absolute Gasteiger partial charge is 0.379 e. The highest BCUT2D eigenvalue weighted by atomic mass is 32.2. The molecule has 8 heteroatoms. The number of nitrogens with zero attached hydrogens (tertiary/aromatic N) is 5. The fourth-order valence-corrected chi connectivity index (χ4v) is 4.00. The van der Waals surface area contributed by atoms with Crippen molar-refractivity contribution in [2.24, 2.45) is 0 Å². The van der Waals surface area contributed by atoms with Gasteiger partial charge in [0.25, 0.3) is 0 Å². The van der Waals surface area contributed by atoms with Gasteiger partial charge in [-0.15, -0.1) is 10.2 Å². The van der Waals surface area contributed by atoms with Gasteiger partial charge in [-0.1, -0.05) is 23.9 Å². The van der Waals surface area contributed by atoms with Gasteiger partial charge in [0.2, 0.25) is 5.65 Å². The van der Waals surface area contributed by atoms with E-state index in [4.69, 9.17) is 4.74 Å². The Bertz CT molecular complexity index is 905. The van der Waals surface area contributed by atoms with Gasteiger partial charge in [-0.3, -0.25) is 4.90 Å². The number of morpholine rings is 1. The van der Waals surface area contributed by atoms with Gasteiger partial charge in [0.1, 0.15) is 5.69 Å². The van der Waals surface area contributed by atoms with Gasteiger partial charge < -0.3 is 10.1 Å². The molecule has 1 aromatic carbocycles. The minimum Gasteiger partial charge on any atom is -0.379 e. The van der Waals surface area contributed by atoms with Gasteiger partial charge in [-0.25, -0.2) is 0 Å². The quantitative estimate of drug-likeness (QED) is 0.600. The highest BCUT2D eigenvalue weighted by molar-refractivity contribution is 7.99. The van der Waals surface area contributed by atoms with Gasteiger partial charge in [0.15, 0.2) is 5.82 Å². The molecule has 1 fully saturated rings. The molecule has 0 bridgehead atoms. The summed E-state index contributed by atoms with van der Waals surface area (Å²) in [7, 11) is 0. The van der Waals surface area contributed by atoms with Gasteiger partial charge in [0, 0.05) is 18.0 Å². The first-order valence-corrected chi connectivity index (χ1v) is 8.77. The highest BCUT2D eigenvalue weighted by Crippen LogP contribution is 2.44. The molecule has 1 saturated heterocycles. The van der Waals surface area contributed by atoms with Crippen LogP contribution in [0.4, 0.5) is 11.4 Å². The first-order valence-electron chi connectivity index (χ1n) is 7.96. The Morgan fingerprint density at radius 1 is 1.12 bits per heavy atom. The van der Waals surface area contributed by atoms with E-state index in [0.717, 1.165) is 60.6 Å². The molecule has 0 radical (unpaired) electrons. The third kappa shape index (κ3) is 2.34. The van der Waals surface area contributed by atoms with Crippen LogP contribution in [0, 0.1) is 0 Å². The molecule has 5 rings (SSSR count). The summed E-state index contributed by atoms with van der Waals surface area (Å²) in [5.74, 6) is 0.861. The zero-order chi connectivity index (χ0) is 15.9. The summed E-state index contributed by atoms with van der Waals surface area (Å²) >= 11 is 1.71. The predicted molar refractivity (Wildman–Crippen MR) is 90.7 cm³/mol. The van der Waals surface area contributed by atoms with E-state index in [-0.39, 0.29) is 0 Å². The van der Waals surface area contributed by atoms with Crippen molar-refractivity contribution in [1.82, 2.24) is 24.7 Å². The molecular weight excluding hydrogens is 324 g/mol. The third-order valence-electron chi connectivity index (χ3n) is 4.30. The Labute approximate surface area is 143 Å². The van der Waals surface area contributed by atoms with Gasteiger partial charge in [-0.2, -0.15) is 9.61 Å². The molecule has 2 aliphatic heterocycles. The zero-order valence-electron chi connectivity index (χ0n) is 13.0. The minimum absolute atomic E-state index is 0.736.